The number of aromatic nitrogens is 1. The highest BCUT2D eigenvalue weighted by Gasteiger charge is 2.37. The summed E-state index contributed by atoms with van der Waals surface area (Å²) in [5, 5.41) is 30.1. The van der Waals surface area contributed by atoms with E-state index >= 15 is 0 Å². The van der Waals surface area contributed by atoms with Crippen LogP contribution in [0.25, 0.3) is 0 Å². The van der Waals surface area contributed by atoms with Gasteiger partial charge in [-0.3, -0.25) is 9.59 Å². The monoisotopic (exact) mass is 867 g/mol. The molecule has 1 aromatic heterocycles. The normalized spacial score (nSPS) is 12.5. The molecule has 1 heterocycles. The number of hydrogen-bond donors (Lipinski definition) is 2. The Hall–Kier alpha value is -7.87. The Balaban J connectivity index is 1.26. The lowest BCUT2D eigenvalue weighted by Gasteiger charge is -2.23. The SMILES string of the molecule is CCON=C(COc1cc(OC(C)C)cc(C(C(=O)O)C(C(=O)O)c2cccc(OCC(=NOCC)c3cccc(Oc4ccccn4)c3)c2)c1)c1cccc(Oc2ccccc2)c1. The first-order valence-electron chi connectivity index (χ1n) is 20.6. The van der Waals surface area contributed by atoms with Crippen LogP contribution in [0.3, 0.4) is 0 Å². The van der Waals surface area contributed by atoms with E-state index in [1.54, 1.807) is 80.7 Å². The number of carbonyl (C=O) groups is 2. The van der Waals surface area contributed by atoms with Gasteiger partial charge in [0.05, 0.1) is 17.9 Å². The molecule has 0 aliphatic heterocycles. The molecule has 0 radical (unpaired) electrons. The first kappa shape index (κ1) is 45.7. The molecule has 14 nitrogen and oxygen atoms in total. The lowest BCUT2D eigenvalue weighted by molar-refractivity contribution is -0.147. The van der Waals surface area contributed by atoms with Gasteiger partial charge in [0.15, 0.2) is 0 Å². The van der Waals surface area contributed by atoms with Crippen LogP contribution in [0.5, 0.6) is 40.4 Å². The lowest BCUT2D eigenvalue weighted by atomic mass is 9.81. The highest BCUT2D eigenvalue weighted by Crippen LogP contribution is 2.39. The van der Waals surface area contributed by atoms with Gasteiger partial charge in [0.2, 0.25) is 5.88 Å². The van der Waals surface area contributed by atoms with E-state index in [0.29, 0.717) is 58.9 Å². The van der Waals surface area contributed by atoms with E-state index in [9.17, 15) is 19.8 Å². The summed E-state index contributed by atoms with van der Waals surface area (Å²) < 4.78 is 30.4. The average Bonchev–Trinajstić information content (AvgIpc) is 3.28. The number of para-hydroxylation sites is 1. The lowest BCUT2D eigenvalue weighted by Crippen LogP contribution is -2.26. The fraction of sp³-hybridized carbons (Fsp3) is 0.220. The van der Waals surface area contributed by atoms with E-state index in [1.165, 1.54) is 18.2 Å². The van der Waals surface area contributed by atoms with Crippen LogP contribution in [-0.2, 0) is 19.3 Å². The Kier molecular flexibility index (Phi) is 16.3. The van der Waals surface area contributed by atoms with Gasteiger partial charge in [-0.2, -0.15) is 0 Å². The minimum Gasteiger partial charge on any atom is -0.491 e. The third kappa shape index (κ3) is 13.1. The smallest absolute Gasteiger partial charge is 0.312 e. The van der Waals surface area contributed by atoms with Gasteiger partial charge >= 0.3 is 11.9 Å². The fourth-order valence-electron chi connectivity index (χ4n) is 6.49. The van der Waals surface area contributed by atoms with Gasteiger partial charge in [-0.25, -0.2) is 4.98 Å². The van der Waals surface area contributed by atoms with Crippen LogP contribution in [0, 0.1) is 0 Å². The minimum atomic E-state index is -1.59. The molecule has 14 heteroatoms. The van der Waals surface area contributed by atoms with Crippen molar-refractivity contribution >= 4 is 23.4 Å². The van der Waals surface area contributed by atoms with Crippen molar-refractivity contribution in [3.05, 3.63) is 168 Å². The zero-order valence-corrected chi connectivity index (χ0v) is 35.8. The van der Waals surface area contributed by atoms with Crippen LogP contribution < -0.4 is 23.7 Å². The van der Waals surface area contributed by atoms with Gasteiger partial charge in [-0.05, 0) is 106 Å². The molecule has 0 bridgehead atoms. The van der Waals surface area contributed by atoms with Gasteiger partial charge in [0, 0.05) is 29.5 Å². The topological polar surface area (TPSA) is 177 Å². The molecule has 0 amide bonds. The second kappa shape index (κ2) is 22.8. The Morgan fingerprint density at radius 1 is 0.547 bits per heavy atom. The second-order valence-electron chi connectivity index (χ2n) is 14.3. The summed E-state index contributed by atoms with van der Waals surface area (Å²) >= 11 is 0. The Labute approximate surface area is 371 Å². The molecule has 0 saturated carbocycles. The van der Waals surface area contributed by atoms with Crippen LogP contribution in [0.15, 0.2) is 156 Å². The number of nitrogens with zero attached hydrogens (tertiary/aromatic N) is 3. The first-order valence-corrected chi connectivity index (χ1v) is 20.6. The van der Waals surface area contributed by atoms with Crippen LogP contribution in [-0.4, -0.2) is 71.1 Å². The highest BCUT2D eigenvalue weighted by molar-refractivity contribution is 6.02. The average molecular weight is 868 g/mol. The van der Waals surface area contributed by atoms with Crippen molar-refractivity contribution in [3.63, 3.8) is 0 Å². The maximum atomic E-state index is 13.2. The van der Waals surface area contributed by atoms with E-state index in [-0.39, 0.29) is 47.7 Å². The summed E-state index contributed by atoms with van der Waals surface area (Å²) in [6, 6.07) is 40.1. The van der Waals surface area contributed by atoms with E-state index in [0.717, 1.165) is 0 Å². The number of benzene rings is 5. The Morgan fingerprint density at radius 2 is 1.08 bits per heavy atom. The molecule has 330 valence electrons. The summed E-state index contributed by atoms with van der Waals surface area (Å²) in [6.45, 7) is 7.67. The zero-order chi connectivity index (χ0) is 45.3. The van der Waals surface area contributed by atoms with Crippen molar-refractivity contribution in [2.45, 2.75) is 45.6 Å². The fourth-order valence-corrected chi connectivity index (χ4v) is 6.49. The molecule has 2 atom stereocenters. The van der Waals surface area contributed by atoms with Crippen molar-refractivity contribution < 1.29 is 53.2 Å². The van der Waals surface area contributed by atoms with Gasteiger partial charge in [0.25, 0.3) is 0 Å². The van der Waals surface area contributed by atoms with E-state index in [4.69, 9.17) is 33.4 Å². The van der Waals surface area contributed by atoms with Crippen LogP contribution in [0.2, 0.25) is 0 Å². The van der Waals surface area contributed by atoms with Gasteiger partial charge in [-0.15, -0.1) is 0 Å². The van der Waals surface area contributed by atoms with Crippen LogP contribution >= 0.6 is 0 Å². The zero-order valence-electron chi connectivity index (χ0n) is 35.8. The quantitative estimate of drug-likeness (QED) is 0.0461. The predicted molar refractivity (Wildman–Crippen MR) is 240 cm³/mol. The molecule has 5 aromatic carbocycles. The number of oxime groups is 2. The first-order chi connectivity index (χ1) is 31.1. The number of carboxylic acids is 2. The molecule has 2 N–H and O–H groups in total. The molecule has 0 aliphatic carbocycles. The third-order valence-electron chi connectivity index (χ3n) is 9.25. The summed E-state index contributed by atoms with van der Waals surface area (Å²) in [5.74, 6) is -2.96. The molecule has 0 saturated heterocycles. The number of rotatable bonds is 23. The standard InChI is InChI=1S/C50H49N3O11/c1-5-60-52-44(35-16-13-22-41(26-35)64-46-23-10-11-24-51-46)31-58-39-20-14-17-36(27-39)47(49(54)55)48(50(56)57)37-28-42(30-43(29-37)62-33(3)4)59-32-45(53-61-6-2)34-15-12-21-40(25-34)63-38-18-8-7-9-19-38/h7-30,33,47-48H,5-6,31-32H2,1-4H3,(H,54,55)(H,56,57). The van der Waals surface area contributed by atoms with Gasteiger partial charge in [0.1, 0.15) is 72.3 Å². The van der Waals surface area contributed by atoms with E-state index in [1.807, 2.05) is 74.5 Å². The molecule has 0 spiro atoms. The number of aliphatic carboxylic acids is 2. The van der Waals surface area contributed by atoms with Crippen molar-refractivity contribution in [2.24, 2.45) is 10.3 Å². The molecule has 0 aliphatic rings. The molecule has 6 aromatic rings. The summed E-state index contributed by atoms with van der Waals surface area (Å²) in [7, 11) is 0. The Morgan fingerprint density at radius 3 is 1.67 bits per heavy atom. The highest BCUT2D eigenvalue weighted by atomic mass is 16.6. The summed E-state index contributed by atoms with van der Waals surface area (Å²) in [6.07, 6.45) is 1.33. The Bertz CT molecular complexity index is 2530. The number of carboxylic acid groups (broad SMARTS) is 2. The largest absolute Gasteiger partial charge is 0.491 e. The molecular weight excluding hydrogens is 819 g/mol. The molecular formula is C50H49N3O11. The number of ether oxygens (including phenoxy) is 5. The molecule has 64 heavy (non-hydrogen) atoms. The third-order valence-corrected chi connectivity index (χ3v) is 9.25. The predicted octanol–water partition coefficient (Wildman–Crippen LogP) is 10.1. The second-order valence-corrected chi connectivity index (χ2v) is 14.3. The maximum Gasteiger partial charge on any atom is 0.312 e. The van der Waals surface area contributed by atoms with Gasteiger partial charge < -0.3 is 43.6 Å². The number of hydrogen-bond acceptors (Lipinski definition) is 12. The summed E-state index contributed by atoms with van der Waals surface area (Å²) in [4.78, 5) is 41.5. The van der Waals surface area contributed by atoms with Crippen molar-refractivity contribution in [1.29, 1.82) is 0 Å². The summed E-state index contributed by atoms with van der Waals surface area (Å²) in [5.41, 5.74) is 2.48. The van der Waals surface area contributed by atoms with Crippen molar-refractivity contribution in [3.8, 4) is 40.4 Å². The van der Waals surface area contributed by atoms with Crippen molar-refractivity contribution in [1.82, 2.24) is 4.98 Å². The molecule has 2 unspecified atom stereocenters. The maximum absolute atomic E-state index is 13.2. The molecule has 0 fully saturated rings. The molecule has 6 rings (SSSR count). The van der Waals surface area contributed by atoms with Crippen molar-refractivity contribution in [2.75, 3.05) is 26.4 Å². The van der Waals surface area contributed by atoms with Gasteiger partial charge in [-0.1, -0.05) is 71.0 Å². The van der Waals surface area contributed by atoms with E-state index < -0.39 is 23.8 Å². The van der Waals surface area contributed by atoms with Crippen LogP contribution in [0.1, 0.15) is 61.8 Å². The minimum absolute atomic E-state index is 0.0786. The number of pyridine rings is 1. The van der Waals surface area contributed by atoms with E-state index in [2.05, 4.69) is 15.3 Å². The van der Waals surface area contributed by atoms with Crippen LogP contribution in [0.4, 0.5) is 0 Å².